The summed E-state index contributed by atoms with van der Waals surface area (Å²) in [6.07, 6.45) is 0.425. The van der Waals surface area contributed by atoms with Gasteiger partial charge in [-0.2, -0.15) is 0 Å². The summed E-state index contributed by atoms with van der Waals surface area (Å²) in [5, 5.41) is 0. The predicted octanol–water partition coefficient (Wildman–Crippen LogP) is 2.29. The molecule has 1 amide bonds. The van der Waals surface area contributed by atoms with E-state index in [9.17, 15) is 18.0 Å². The molecule has 1 unspecified atom stereocenters. The van der Waals surface area contributed by atoms with Crippen molar-refractivity contribution < 1.29 is 22.7 Å². The van der Waals surface area contributed by atoms with E-state index in [1.807, 2.05) is 48.7 Å². The minimum absolute atomic E-state index is 0.0290. The van der Waals surface area contributed by atoms with Gasteiger partial charge in [-0.05, 0) is 45.4 Å². The van der Waals surface area contributed by atoms with Gasteiger partial charge >= 0.3 is 5.97 Å². The van der Waals surface area contributed by atoms with Gasteiger partial charge in [-0.15, -0.1) is 0 Å². The predicted molar refractivity (Wildman–Crippen MR) is 110 cm³/mol. The molecule has 0 spiro atoms. The summed E-state index contributed by atoms with van der Waals surface area (Å²) < 4.78 is 30.6. The molecule has 29 heavy (non-hydrogen) atoms. The highest BCUT2D eigenvalue weighted by atomic mass is 32.2. The fraction of sp³-hybridized carbons (Fsp3) is 0.429. The number of hydrogen-bond donors (Lipinski definition) is 0. The van der Waals surface area contributed by atoms with Gasteiger partial charge in [0.1, 0.15) is 0 Å². The molecule has 2 aromatic rings. The topological polar surface area (TPSA) is 85.7 Å². The molecular weight excluding hydrogens is 392 g/mol. The van der Waals surface area contributed by atoms with Gasteiger partial charge in [0, 0.05) is 29.7 Å². The summed E-state index contributed by atoms with van der Waals surface area (Å²) in [6, 6.07) is 11.1. The number of ether oxygens (including phenoxy) is 1. The van der Waals surface area contributed by atoms with Crippen molar-refractivity contribution in [3.63, 3.8) is 0 Å². The van der Waals surface area contributed by atoms with Crippen LogP contribution in [0.4, 0.5) is 0 Å². The Hall–Kier alpha value is -2.61. The Morgan fingerprint density at radius 2 is 1.90 bits per heavy atom. The highest BCUT2D eigenvalue weighted by molar-refractivity contribution is 7.91. The number of esters is 1. The zero-order valence-electron chi connectivity index (χ0n) is 16.9. The number of nitrogens with zero attached hydrogens (tertiary/aromatic N) is 2. The average Bonchev–Trinajstić information content (AvgIpc) is 3.19. The van der Waals surface area contributed by atoms with E-state index in [-0.39, 0.29) is 23.5 Å². The lowest BCUT2D eigenvalue weighted by Gasteiger charge is -2.26. The lowest BCUT2D eigenvalue weighted by atomic mass is 10.2. The van der Waals surface area contributed by atoms with Crippen LogP contribution in [0.3, 0.4) is 0 Å². The molecule has 1 saturated heterocycles. The molecule has 3 rings (SSSR count). The van der Waals surface area contributed by atoms with Gasteiger partial charge in [0.05, 0.1) is 17.1 Å². The van der Waals surface area contributed by atoms with E-state index >= 15 is 0 Å². The number of hydrogen-bond acceptors (Lipinski definition) is 5. The van der Waals surface area contributed by atoms with E-state index in [0.717, 1.165) is 17.1 Å². The molecule has 0 bridgehead atoms. The van der Waals surface area contributed by atoms with Crippen molar-refractivity contribution in [1.29, 1.82) is 0 Å². The van der Waals surface area contributed by atoms with Gasteiger partial charge < -0.3 is 14.2 Å². The van der Waals surface area contributed by atoms with E-state index in [0.29, 0.717) is 18.5 Å². The molecule has 0 radical (unpaired) electrons. The molecule has 8 heteroatoms. The van der Waals surface area contributed by atoms with Gasteiger partial charge in [-0.1, -0.05) is 18.2 Å². The Morgan fingerprint density at radius 1 is 1.21 bits per heavy atom. The van der Waals surface area contributed by atoms with Crippen molar-refractivity contribution in [2.75, 3.05) is 24.7 Å². The number of aromatic nitrogens is 1. The molecule has 1 fully saturated rings. The van der Waals surface area contributed by atoms with Crippen LogP contribution in [0.1, 0.15) is 35.1 Å². The number of para-hydroxylation sites is 1. The van der Waals surface area contributed by atoms with E-state index in [4.69, 9.17) is 4.74 Å². The zero-order chi connectivity index (χ0) is 21.2. The molecule has 1 aliphatic heterocycles. The summed E-state index contributed by atoms with van der Waals surface area (Å²) in [7, 11) is -3.10. The molecular formula is C21H26N2O5S. The van der Waals surface area contributed by atoms with Crippen molar-refractivity contribution in [3.8, 4) is 5.69 Å². The first-order chi connectivity index (χ1) is 13.7. The first kappa shape index (κ1) is 21.1. The molecule has 1 atom stereocenters. The monoisotopic (exact) mass is 418 g/mol. The maximum absolute atomic E-state index is 12.6. The van der Waals surface area contributed by atoms with Gasteiger partial charge in [0.25, 0.3) is 5.91 Å². The molecule has 1 aromatic carbocycles. The largest absolute Gasteiger partial charge is 0.452 e. The fourth-order valence-electron chi connectivity index (χ4n) is 3.89. The Labute approximate surface area is 171 Å². The second kappa shape index (κ2) is 8.41. The van der Waals surface area contributed by atoms with Gasteiger partial charge in [-0.3, -0.25) is 4.79 Å². The number of benzene rings is 1. The lowest BCUT2D eigenvalue weighted by molar-refractivity contribution is -0.136. The molecule has 0 aliphatic carbocycles. The van der Waals surface area contributed by atoms with Crippen molar-refractivity contribution in [2.45, 2.75) is 33.2 Å². The van der Waals surface area contributed by atoms with Crippen molar-refractivity contribution in [1.82, 2.24) is 9.47 Å². The van der Waals surface area contributed by atoms with Gasteiger partial charge in [0.15, 0.2) is 16.4 Å². The number of likely N-dealkylation sites (N-methyl/N-ethyl adjacent to an activating group) is 1. The summed E-state index contributed by atoms with van der Waals surface area (Å²) >= 11 is 0. The zero-order valence-corrected chi connectivity index (χ0v) is 17.7. The number of amides is 1. The van der Waals surface area contributed by atoms with Crippen LogP contribution in [0.25, 0.3) is 5.69 Å². The minimum Gasteiger partial charge on any atom is -0.452 e. The summed E-state index contributed by atoms with van der Waals surface area (Å²) in [6.45, 7) is 5.50. The highest BCUT2D eigenvalue weighted by Crippen LogP contribution is 2.22. The van der Waals surface area contributed by atoms with Crippen LogP contribution in [0.15, 0.2) is 36.4 Å². The van der Waals surface area contributed by atoms with Crippen LogP contribution in [-0.2, 0) is 19.4 Å². The highest BCUT2D eigenvalue weighted by Gasteiger charge is 2.34. The normalized spacial score (nSPS) is 17.8. The third kappa shape index (κ3) is 4.53. The van der Waals surface area contributed by atoms with Gasteiger partial charge in [0.2, 0.25) is 0 Å². The maximum atomic E-state index is 12.6. The van der Waals surface area contributed by atoms with E-state index < -0.39 is 22.4 Å². The second-order valence-electron chi connectivity index (χ2n) is 7.27. The van der Waals surface area contributed by atoms with Crippen molar-refractivity contribution in [2.24, 2.45) is 0 Å². The van der Waals surface area contributed by atoms with Crippen LogP contribution in [0.2, 0.25) is 0 Å². The standard InChI is InChI=1S/C21H26N2O5S/c1-4-22(18-10-11-29(26,27)14-18)20(24)13-28-21(25)19-12-15(2)23(16(19)3)17-8-6-5-7-9-17/h5-9,12,18H,4,10-11,13-14H2,1-3H3. The molecule has 7 nitrogen and oxygen atoms in total. The summed E-state index contributed by atoms with van der Waals surface area (Å²) in [5.41, 5.74) is 2.97. The third-order valence-corrected chi connectivity index (χ3v) is 7.05. The molecule has 1 aromatic heterocycles. The SMILES string of the molecule is CCN(C(=O)COC(=O)c1cc(C)n(-c2ccccc2)c1C)C1CCS(=O)(=O)C1. The Bertz CT molecular complexity index is 1010. The van der Waals surface area contributed by atoms with Crippen LogP contribution in [-0.4, -0.2) is 60.5 Å². The molecule has 1 aliphatic rings. The first-order valence-electron chi connectivity index (χ1n) is 9.65. The minimum atomic E-state index is -3.10. The Balaban J connectivity index is 1.69. The Kier molecular flexibility index (Phi) is 6.12. The quantitative estimate of drug-likeness (QED) is 0.672. The summed E-state index contributed by atoms with van der Waals surface area (Å²) in [4.78, 5) is 26.6. The number of carbonyl (C=O) groups excluding carboxylic acids is 2. The summed E-state index contributed by atoms with van der Waals surface area (Å²) in [5.74, 6) is -0.880. The van der Waals surface area contributed by atoms with Crippen molar-refractivity contribution >= 4 is 21.7 Å². The first-order valence-corrected chi connectivity index (χ1v) is 11.5. The molecule has 0 saturated carbocycles. The third-order valence-electron chi connectivity index (χ3n) is 5.30. The van der Waals surface area contributed by atoms with E-state index in [1.165, 1.54) is 4.90 Å². The van der Waals surface area contributed by atoms with E-state index in [2.05, 4.69) is 0 Å². The Morgan fingerprint density at radius 3 is 2.48 bits per heavy atom. The lowest BCUT2D eigenvalue weighted by Crippen LogP contribution is -2.43. The molecule has 2 heterocycles. The van der Waals surface area contributed by atoms with Crippen LogP contribution < -0.4 is 0 Å². The number of rotatable bonds is 6. The van der Waals surface area contributed by atoms with Crippen LogP contribution >= 0.6 is 0 Å². The van der Waals surface area contributed by atoms with Gasteiger partial charge in [-0.25, -0.2) is 13.2 Å². The number of carbonyl (C=O) groups is 2. The second-order valence-corrected chi connectivity index (χ2v) is 9.50. The smallest absolute Gasteiger partial charge is 0.340 e. The average molecular weight is 419 g/mol. The fourth-order valence-corrected chi connectivity index (χ4v) is 5.62. The van der Waals surface area contributed by atoms with E-state index in [1.54, 1.807) is 13.0 Å². The maximum Gasteiger partial charge on any atom is 0.340 e. The molecule has 156 valence electrons. The van der Waals surface area contributed by atoms with Crippen LogP contribution in [0.5, 0.6) is 0 Å². The van der Waals surface area contributed by atoms with Crippen LogP contribution in [0, 0.1) is 13.8 Å². The van der Waals surface area contributed by atoms with Crippen molar-refractivity contribution in [3.05, 3.63) is 53.3 Å². The number of sulfone groups is 1. The number of aryl methyl sites for hydroxylation is 1. The molecule has 0 N–H and O–H groups in total.